The van der Waals surface area contributed by atoms with Gasteiger partial charge in [0, 0.05) is 10.1 Å². The van der Waals surface area contributed by atoms with Gasteiger partial charge in [-0.15, -0.1) is 0 Å². The van der Waals surface area contributed by atoms with Crippen LogP contribution in [0, 0.1) is 3.57 Å². The van der Waals surface area contributed by atoms with Crippen molar-refractivity contribution in [2.75, 3.05) is 11.4 Å². The van der Waals surface area contributed by atoms with Crippen LogP contribution in [0.25, 0.3) is 0 Å². The van der Waals surface area contributed by atoms with Crippen molar-refractivity contribution in [3.8, 4) is 0 Å². The molecule has 1 aliphatic heterocycles. The Morgan fingerprint density at radius 3 is 3.08 bits per heavy atom. The number of amides is 1. The summed E-state index contributed by atoms with van der Waals surface area (Å²) in [7, 11) is 0. The fourth-order valence-electron chi connectivity index (χ4n) is 1.54. The van der Waals surface area contributed by atoms with Crippen LogP contribution in [0.3, 0.4) is 0 Å². The van der Waals surface area contributed by atoms with Crippen LogP contribution in [-0.4, -0.2) is 13.0 Å². The Bertz CT molecular complexity index is 324. The number of para-hydroxylation sites is 1. The van der Waals surface area contributed by atoms with Gasteiger partial charge in [0.2, 0.25) is 6.41 Å². The Kier molecular flexibility index (Phi) is 2.04. The van der Waals surface area contributed by atoms with Crippen LogP contribution in [0.15, 0.2) is 18.2 Å². The fourth-order valence-corrected chi connectivity index (χ4v) is 2.41. The molecule has 0 saturated carbocycles. The molecule has 12 heavy (non-hydrogen) atoms. The lowest BCUT2D eigenvalue weighted by Crippen LogP contribution is -2.18. The third-order valence-corrected chi connectivity index (χ3v) is 2.98. The quantitative estimate of drug-likeness (QED) is 0.564. The van der Waals surface area contributed by atoms with Crippen molar-refractivity contribution in [3.05, 3.63) is 27.3 Å². The molecule has 0 aliphatic carbocycles. The lowest BCUT2D eigenvalue weighted by atomic mass is 10.2. The number of benzene rings is 1. The summed E-state index contributed by atoms with van der Waals surface area (Å²) in [5.74, 6) is 0. The molecule has 1 heterocycles. The van der Waals surface area contributed by atoms with Crippen molar-refractivity contribution < 1.29 is 4.79 Å². The van der Waals surface area contributed by atoms with E-state index in [1.165, 1.54) is 5.56 Å². The summed E-state index contributed by atoms with van der Waals surface area (Å²) in [4.78, 5) is 12.4. The minimum atomic E-state index is 0.832. The number of nitrogens with zero attached hydrogens (tertiary/aromatic N) is 1. The first kappa shape index (κ1) is 8.04. The molecule has 0 saturated heterocycles. The van der Waals surface area contributed by atoms with E-state index in [1.807, 2.05) is 12.1 Å². The second-order valence-corrected chi connectivity index (χ2v) is 3.96. The first-order valence-electron chi connectivity index (χ1n) is 3.82. The van der Waals surface area contributed by atoms with Gasteiger partial charge >= 0.3 is 0 Å². The molecule has 0 bridgehead atoms. The third-order valence-electron chi connectivity index (χ3n) is 2.11. The van der Waals surface area contributed by atoms with Gasteiger partial charge in [0.05, 0.1) is 5.69 Å². The highest BCUT2D eigenvalue weighted by molar-refractivity contribution is 14.1. The van der Waals surface area contributed by atoms with E-state index in [2.05, 4.69) is 28.7 Å². The summed E-state index contributed by atoms with van der Waals surface area (Å²) in [5, 5.41) is 0. The number of anilines is 1. The second kappa shape index (κ2) is 3.05. The number of carbonyl (C=O) groups is 1. The highest BCUT2D eigenvalue weighted by Crippen LogP contribution is 2.31. The predicted molar refractivity (Wildman–Crippen MR) is 56.3 cm³/mol. The number of hydrogen-bond acceptors (Lipinski definition) is 1. The maximum Gasteiger partial charge on any atom is 0.214 e. The van der Waals surface area contributed by atoms with E-state index in [9.17, 15) is 4.79 Å². The normalized spacial score (nSPS) is 14.6. The van der Waals surface area contributed by atoms with E-state index >= 15 is 0 Å². The molecule has 2 nitrogen and oxygen atoms in total. The zero-order valence-corrected chi connectivity index (χ0v) is 8.61. The summed E-state index contributed by atoms with van der Waals surface area (Å²) >= 11 is 2.26. The number of rotatable bonds is 1. The average Bonchev–Trinajstić information content (AvgIpc) is 2.49. The summed E-state index contributed by atoms with van der Waals surface area (Å²) in [6.07, 6.45) is 1.90. The molecule has 2 rings (SSSR count). The van der Waals surface area contributed by atoms with Crippen molar-refractivity contribution in [2.45, 2.75) is 6.42 Å². The van der Waals surface area contributed by atoms with Crippen molar-refractivity contribution in [1.82, 2.24) is 0 Å². The maximum atomic E-state index is 10.6. The summed E-state index contributed by atoms with van der Waals surface area (Å²) in [6.45, 7) is 0.832. The summed E-state index contributed by atoms with van der Waals surface area (Å²) < 4.78 is 1.16. The molecule has 0 radical (unpaired) electrons. The van der Waals surface area contributed by atoms with Crippen LogP contribution in [-0.2, 0) is 11.2 Å². The van der Waals surface area contributed by atoms with Crippen LogP contribution in [0.2, 0.25) is 0 Å². The molecule has 1 amide bonds. The summed E-state index contributed by atoms with van der Waals surface area (Å²) in [6, 6.07) is 6.15. The van der Waals surface area contributed by atoms with Gasteiger partial charge in [0.25, 0.3) is 0 Å². The van der Waals surface area contributed by atoms with Crippen LogP contribution >= 0.6 is 22.6 Å². The van der Waals surface area contributed by atoms with E-state index in [0.717, 1.165) is 28.6 Å². The fraction of sp³-hybridized carbons (Fsp3) is 0.222. The first-order valence-corrected chi connectivity index (χ1v) is 4.90. The minimum absolute atomic E-state index is 0.832. The maximum absolute atomic E-state index is 10.6. The Morgan fingerprint density at radius 2 is 2.33 bits per heavy atom. The van der Waals surface area contributed by atoms with Crippen LogP contribution in [0.1, 0.15) is 5.56 Å². The Labute approximate surface area is 84.7 Å². The molecule has 1 aromatic carbocycles. The van der Waals surface area contributed by atoms with Crippen molar-refractivity contribution in [3.63, 3.8) is 0 Å². The van der Waals surface area contributed by atoms with Gasteiger partial charge in [-0.3, -0.25) is 4.79 Å². The lowest BCUT2D eigenvalue weighted by Gasteiger charge is -2.11. The van der Waals surface area contributed by atoms with Crippen molar-refractivity contribution in [2.24, 2.45) is 0 Å². The van der Waals surface area contributed by atoms with Gasteiger partial charge in [0.1, 0.15) is 0 Å². The Balaban J connectivity index is 2.55. The minimum Gasteiger partial charge on any atom is -0.313 e. The molecule has 1 aliphatic rings. The van der Waals surface area contributed by atoms with Crippen molar-refractivity contribution >= 4 is 34.7 Å². The van der Waals surface area contributed by atoms with Crippen molar-refractivity contribution in [1.29, 1.82) is 0 Å². The summed E-state index contributed by atoms with van der Waals surface area (Å²) in [5.41, 5.74) is 2.39. The van der Waals surface area contributed by atoms with E-state index in [-0.39, 0.29) is 0 Å². The van der Waals surface area contributed by atoms with E-state index in [0.29, 0.717) is 0 Å². The topological polar surface area (TPSA) is 20.3 Å². The zero-order valence-electron chi connectivity index (χ0n) is 6.46. The van der Waals surface area contributed by atoms with E-state index in [4.69, 9.17) is 0 Å². The molecule has 3 heteroatoms. The van der Waals surface area contributed by atoms with Crippen LogP contribution in [0.5, 0.6) is 0 Å². The molecule has 0 fully saturated rings. The van der Waals surface area contributed by atoms with Crippen LogP contribution < -0.4 is 4.90 Å². The zero-order chi connectivity index (χ0) is 8.55. The number of halogens is 1. The van der Waals surface area contributed by atoms with Gasteiger partial charge in [-0.1, -0.05) is 12.1 Å². The van der Waals surface area contributed by atoms with Gasteiger partial charge < -0.3 is 4.90 Å². The highest BCUT2D eigenvalue weighted by Gasteiger charge is 2.19. The lowest BCUT2D eigenvalue weighted by molar-refractivity contribution is -0.107. The molecule has 0 aromatic heterocycles. The largest absolute Gasteiger partial charge is 0.313 e. The van der Waals surface area contributed by atoms with E-state index < -0.39 is 0 Å². The number of hydrogen-bond donors (Lipinski definition) is 0. The molecule has 62 valence electrons. The molecule has 0 N–H and O–H groups in total. The van der Waals surface area contributed by atoms with Gasteiger partial charge in [-0.2, -0.15) is 0 Å². The number of carbonyl (C=O) groups excluding carboxylic acids is 1. The monoisotopic (exact) mass is 273 g/mol. The predicted octanol–water partition coefficient (Wildman–Crippen LogP) is 1.81. The van der Waals surface area contributed by atoms with Gasteiger partial charge in [-0.25, -0.2) is 0 Å². The van der Waals surface area contributed by atoms with Crippen LogP contribution in [0.4, 0.5) is 5.69 Å². The standard InChI is InChI=1S/C9H8INO/c10-8-3-1-2-7-4-5-11(6-12)9(7)8/h1-3,6H,4-5H2. The Hall–Kier alpha value is -0.580. The molecular formula is C9H8INO. The highest BCUT2D eigenvalue weighted by atomic mass is 127. The van der Waals surface area contributed by atoms with Gasteiger partial charge in [-0.05, 0) is 40.6 Å². The number of fused-ring (bicyclic) bond motifs is 1. The molecule has 1 aromatic rings. The molecular weight excluding hydrogens is 265 g/mol. The Morgan fingerprint density at radius 1 is 1.50 bits per heavy atom. The van der Waals surface area contributed by atoms with Gasteiger partial charge in [0.15, 0.2) is 0 Å². The smallest absolute Gasteiger partial charge is 0.214 e. The average molecular weight is 273 g/mol. The molecule has 0 spiro atoms. The SMILES string of the molecule is O=CN1CCc2cccc(I)c21. The third kappa shape index (κ3) is 1.12. The van der Waals surface area contributed by atoms with E-state index in [1.54, 1.807) is 4.90 Å². The first-order chi connectivity index (χ1) is 5.83. The second-order valence-electron chi connectivity index (χ2n) is 2.80. The molecule has 0 unspecified atom stereocenters. The molecule has 0 atom stereocenters.